The Morgan fingerprint density at radius 2 is 2.00 bits per heavy atom. The lowest BCUT2D eigenvalue weighted by molar-refractivity contribution is -0.122. The van der Waals surface area contributed by atoms with Gasteiger partial charge in [-0.2, -0.15) is 0 Å². The minimum absolute atomic E-state index is 0.0322. The Morgan fingerprint density at radius 1 is 1.32 bits per heavy atom. The average Bonchev–Trinajstić information content (AvgIpc) is 2.68. The van der Waals surface area contributed by atoms with Gasteiger partial charge in [-0.1, -0.05) is 38.5 Å². The monoisotopic (exact) mass is 344 g/mol. The number of likely N-dealkylation sites (N-methyl/N-ethyl adjacent to an activating group) is 1. The van der Waals surface area contributed by atoms with Gasteiger partial charge in [0.1, 0.15) is 6.04 Å². The summed E-state index contributed by atoms with van der Waals surface area (Å²) in [6.07, 6.45) is 0.846. The number of likely N-dealkylation sites (tertiary alicyclic amines) is 1. The molecule has 6 heteroatoms. The van der Waals surface area contributed by atoms with Crippen LogP contribution in [0, 0.1) is 5.92 Å². The number of hydrogen-bond acceptors (Lipinski definition) is 3. The summed E-state index contributed by atoms with van der Waals surface area (Å²) >= 11 is 0. The van der Waals surface area contributed by atoms with E-state index in [1.807, 2.05) is 50.2 Å². The molecule has 2 aliphatic heterocycles. The van der Waals surface area contributed by atoms with Gasteiger partial charge in [0, 0.05) is 24.8 Å². The smallest absolute Gasteiger partial charge is 0.321 e. The first-order valence-corrected chi connectivity index (χ1v) is 9.03. The molecule has 0 saturated carbocycles. The van der Waals surface area contributed by atoms with Gasteiger partial charge in [0.05, 0.1) is 6.54 Å². The molecule has 3 amide bonds. The Balaban J connectivity index is 1.87. The molecule has 2 atom stereocenters. The van der Waals surface area contributed by atoms with E-state index in [4.69, 9.17) is 0 Å². The highest BCUT2D eigenvalue weighted by Crippen LogP contribution is 2.29. The third kappa shape index (κ3) is 3.35. The predicted octanol–water partition coefficient (Wildman–Crippen LogP) is 2.22. The molecule has 0 aliphatic carbocycles. The fraction of sp³-hybridized carbons (Fsp3) is 0.579. The number of hydrogen-bond donors (Lipinski definition) is 1. The van der Waals surface area contributed by atoms with Crippen molar-refractivity contribution >= 4 is 17.6 Å². The summed E-state index contributed by atoms with van der Waals surface area (Å²) in [5.41, 5.74) is 1.80. The van der Waals surface area contributed by atoms with E-state index < -0.39 is 6.04 Å². The zero-order valence-electron chi connectivity index (χ0n) is 15.5. The molecule has 0 unspecified atom stereocenters. The SMILES string of the molecule is CC[C@H](C)[C@H]1C(=O)Nc2ccccc2CN1C(=O)N1CC(N(C)C)C1. The Kier molecular flexibility index (Phi) is 4.99. The van der Waals surface area contributed by atoms with Crippen LogP contribution in [-0.4, -0.2) is 65.9 Å². The zero-order valence-corrected chi connectivity index (χ0v) is 15.5. The zero-order chi connectivity index (χ0) is 18.1. The highest BCUT2D eigenvalue weighted by atomic mass is 16.2. The van der Waals surface area contributed by atoms with E-state index >= 15 is 0 Å². The molecule has 25 heavy (non-hydrogen) atoms. The van der Waals surface area contributed by atoms with Gasteiger partial charge in [0.25, 0.3) is 0 Å². The third-order valence-corrected chi connectivity index (χ3v) is 5.51. The predicted molar refractivity (Wildman–Crippen MR) is 98.3 cm³/mol. The summed E-state index contributed by atoms with van der Waals surface area (Å²) in [6, 6.07) is 7.67. The molecule has 1 aromatic rings. The Bertz CT molecular complexity index is 655. The van der Waals surface area contributed by atoms with Crippen molar-refractivity contribution in [2.45, 2.75) is 38.9 Å². The Hall–Kier alpha value is -2.08. The molecular formula is C19H28N4O2. The number of benzene rings is 1. The highest BCUT2D eigenvalue weighted by Gasteiger charge is 2.41. The van der Waals surface area contributed by atoms with Gasteiger partial charge in [-0.3, -0.25) is 4.79 Å². The Labute approximate surface area is 149 Å². The number of urea groups is 1. The van der Waals surface area contributed by atoms with Crippen LogP contribution in [0.25, 0.3) is 0 Å². The van der Waals surface area contributed by atoms with E-state index in [9.17, 15) is 9.59 Å². The standard InChI is InChI=1S/C19H28N4O2/c1-5-13(2)17-18(24)20-16-9-7-6-8-14(16)10-23(17)19(25)22-11-15(12-22)21(3)4/h6-9,13,15,17H,5,10-12H2,1-4H3,(H,20,24)/t13-,17-/m0/s1. The second-order valence-electron chi connectivity index (χ2n) is 7.41. The van der Waals surface area contributed by atoms with Crippen LogP contribution >= 0.6 is 0 Å². The molecule has 1 N–H and O–H groups in total. The van der Waals surface area contributed by atoms with Gasteiger partial charge >= 0.3 is 6.03 Å². The maximum absolute atomic E-state index is 13.1. The first kappa shape index (κ1) is 17.7. The summed E-state index contributed by atoms with van der Waals surface area (Å²) in [6.45, 7) is 6.01. The molecule has 0 bridgehead atoms. The molecule has 6 nitrogen and oxygen atoms in total. The molecule has 1 saturated heterocycles. The number of anilines is 1. The number of fused-ring (bicyclic) bond motifs is 1. The molecule has 136 valence electrons. The van der Waals surface area contributed by atoms with Crippen molar-refractivity contribution < 1.29 is 9.59 Å². The van der Waals surface area contributed by atoms with Crippen LogP contribution in [-0.2, 0) is 11.3 Å². The topological polar surface area (TPSA) is 55.9 Å². The number of nitrogens with zero attached hydrogens (tertiary/aromatic N) is 3. The van der Waals surface area contributed by atoms with Gasteiger partial charge in [-0.15, -0.1) is 0 Å². The van der Waals surface area contributed by atoms with Crippen LogP contribution in [0.5, 0.6) is 0 Å². The van der Waals surface area contributed by atoms with Crippen molar-refractivity contribution in [3.05, 3.63) is 29.8 Å². The molecule has 0 spiro atoms. The number of rotatable bonds is 3. The van der Waals surface area contributed by atoms with E-state index in [0.29, 0.717) is 12.6 Å². The van der Waals surface area contributed by atoms with Crippen LogP contribution in [0.15, 0.2) is 24.3 Å². The van der Waals surface area contributed by atoms with Crippen molar-refractivity contribution in [2.24, 2.45) is 5.92 Å². The quantitative estimate of drug-likeness (QED) is 0.915. The lowest BCUT2D eigenvalue weighted by atomic mass is 9.96. The average molecular weight is 344 g/mol. The van der Waals surface area contributed by atoms with Crippen molar-refractivity contribution in [1.29, 1.82) is 0 Å². The van der Waals surface area contributed by atoms with Crippen molar-refractivity contribution in [3.63, 3.8) is 0 Å². The molecule has 1 fully saturated rings. The van der Waals surface area contributed by atoms with Crippen molar-refractivity contribution in [1.82, 2.24) is 14.7 Å². The first-order chi connectivity index (χ1) is 11.9. The van der Waals surface area contributed by atoms with Gasteiger partial charge in [-0.25, -0.2) is 4.79 Å². The van der Waals surface area contributed by atoms with Gasteiger partial charge in [0.15, 0.2) is 0 Å². The number of carbonyl (C=O) groups excluding carboxylic acids is 2. The molecular weight excluding hydrogens is 316 g/mol. The van der Waals surface area contributed by atoms with Gasteiger partial charge in [-0.05, 0) is 31.6 Å². The largest absolute Gasteiger partial charge is 0.324 e. The molecule has 1 aromatic carbocycles. The molecule has 2 heterocycles. The summed E-state index contributed by atoms with van der Waals surface area (Å²) in [7, 11) is 4.06. The minimum atomic E-state index is -0.441. The minimum Gasteiger partial charge on any atom is -0.324 e. The molecule has 3 rings (SSSR count). The number of carbonyl (C=O) groups is 2. The molecule has 0 radical (unpaired) electrons. The summed E-state index contributed by atoms with van der Waals surface area (Å²) in [5, 5.41) is 3.01. The van der Waals surface area contributed by atoms with Crippen LogP contribution in [0.1, 0.15) is 25.8 Å². The lowest BCUT2D eigenvalue weighted by Gasteiger charge is -2.46. The second kappa shape index (κ2) is 7.04. The van der Waals surface area contributed by atoms with Crippen LogP contribution in [0.2, 0.25) is 0 Å². The molecule has 2 aliphatic rings. The fourth-order valence-corrected chi connectivity index (χ4v) is 3.51. The van der Waals surface area contributed by atoms with E-state index in [1.54, 1.807) is 4.90 Å². The highest BCUT2D eigenvalue weighted by molar-refractivity contribution is 5.98. The maximum Gasteiger partial charge on any atom is 0.321 e. The maximum atomic E-state index is 13.1. The Morgan fingerprint density at radius 3 is 2.64 bits per heavy atom. The van der Waals surface area contributed by atoms with Crippen molar-refractivity contribution in [3.8, 4) is 0 Å². The molecule has 0 aromatic heterocycles. The normalized spacial score (nSPS) is 22.1. The van der Waals surface area contributed by atoms with Crippen LogP contribution in [0.4, 0.5) is 10.5 Å². The summed E-state index contributed by atoms with van der Waals surface area (Å²) in [4.78, 5) is 31.8. The van der Waals surface area contributed by atoms with Gasteiger partial charge in [0.2, 0.25) is 5.91 Å². The van der Waals surface area contributed by atoms with E-state index in [0.717, 1.165) is 30.8 Å². The third-order valence-electron chi connectivity index (χ3n) is 5.51. The van der Waals surface area contributed by atoms with E-state index in [1.165, 1.54) is 0 Å². The summed E-state index contributed by atoms with van der Waals surface area (Å²) in [5.74, 6) is 0.0153. The number of nitrogens with one attached hydrogen (secondary N) is 1. The lowest BCUT2D eigenvalue weighted by Crippen LogP contribution is -2.64. The second-order valence-corrected chi connectivity index (χ2v) is 7.41. The fourth-order valence-electron chi connectivity index (χ4n) is 3.51. The van der Waals surface area contributed by atoms with Crippen LogP contribution < -0.4 is 5.32 Å². The first-order valence-electron chi connectivity index (χ1n) is 9.03. The van der Waals surface area contributed by atoms with Gasteiger partial charge < -0.3 is 20.0 Å². The van der Waals surface area contributed by atoms with Crippen molar-refractivity contribution in [2.75, 3.05) is 32.5 Å². The van der Waals surface area contributed by atoms with E-state index in [-0.39, 0.29) is 17.9 Å². The number of para-hydroxylation sites is 1. The van der Waals surface area contributed by atoms with E-state index in [2.05, 4.69) is 17.1 Å². The number of amides is 3. The van der Waals surface area contributed by atoms with Crippen LogP contribution in [0.3, 0.4) is 0 Å². The summed E-state index contributed by atoms with van der Waals surface area (Å²) < 4.78 is 0.